The first-order chi connectivity index (χ1) is 13.0. The number of hydrogen-bond donors (Lipinski definition) is 1. The van der Waals surface area contributed by atoms with Crippen LogP contribution in [-0.4, -0.2) is 44.4 Å². The van der Waals surface area contributed by atoms with Gasteiger partial charge in [-0.25, -0.2) is 9.97 Å². The molecule has 2 rings (SSSR count). The molecule has 0 atom stereocenters. The van der Waals surface area contributed by atoms with E-state index in [2.05, 4.69) is 19.2 Å². The summed E-state index contributed by atoms with van der Waals surface area (Å²) < 4.78 is 21.9. The number of ether oxygens (including phenoxy) is 4. The van der Waals surface area contributed by atoms with Crippen LogP contribution in [-0.2, 0) is 0 Å². The Morgan fingerprint density at radius 2 is 1.56 bits per heavy atom. The molecule has 1 N–H and O–H groups in total. The molecular formula is C20H29N3O4. The van der Waals surface area contributed by atoms with Crippen molar-refractivity contribution in [2.45, 2.75) is 39.7 Å². The number of nitrogens with one attached hydrogen (secondary N) is 1. The predicted octanol–water partition coefficient (Wildman–Crippen LogP) is 4.09. The third kappa shape index (κ3) is 4.18. The molecule has 2 aromatic rings. The van der Waals surface area contributed by atoms with Crippen molar-refractivity contribution < 1.29 is 18.9 Å². The molecule has 0 radical (unpaired) electrons. The van der Waals surface area contributed by atoms with Crippen molar-refractivity contribution in [3.8, 4) is 34.4 Å². The van der Waals surface area contributed by atoms with Gasteiger partial charge in [0.15, 0.2) is 17.3 Å². The fourth-order valence-corrected chi connectivity index (χ4v) is 2.97. The van der Waals surface area contributed by atoms with Gasteiger partial charge in [0.2, 0.25) is 5.75 Å². The lowest BCUT2D eigenvalue weighted by Crippen LogP contribution is -2.19. The fraction of sp³-hybridized carbons (Fsp3) is 0.500. The van der Waals surface area contributed by atoms with Gasteiger partial charge in [0.25, 0.3) is 5.88 Å². The van der Waals surface area contributed by atoms with E-state index >= 15 is 0 Å². The van der Waals surface area contributed by atoms with Gasteiger partial charge >= 0.3 is 0 Å². The van der Waals surface area contributed by atoms with Gasteiger partial charge in [0.1, 0.15) is 0 Å². The maximum Gasteiger partial charge on any atom is 0.257 e. The van der Waals surface area contributed by atoms with Crippen LogP contribution in [0.15, 0.2) is 12.1 Å². The normalized spacial score (nSPS) is 10.7. The van der Waals surface area contributed by atoms with Crippen molar-refractivity contribution in [1.82, 2.24) is 9.97 Å². The Bertz CT molecular complexity index is 776. The summed E-state index contributed by atoms with van der Waals surface area (Å²) in [6.45, 7) is 6.18. The SMILES string of the molecule is CCC(CC)Nc1nc(C)c(-c2ccc(OC)c(OC)c2OC)nc1OC. The summed E-state index contributed by atoms with van der Waals surface area (Å²) in [5, 5.41) is 3.41. The molecule has 0 saturated carbocycles. The number of rotatable bonds is 9. The standard InChI is InChI=1S/C20H29N3O4/c1-8-13(9-2)22-19-20(27-7)23-16(12(3)21-19)14-10-11-15(24-4)18(26-6)17(14)25-5/h10-11,13H,8-9H2,1-7H3,(H,21,22). The summed E-state index contributed by atoms with van der Waals surface area (Å²) in [5.41, 5.74) is 2.18. The third-order valence-electron chi connectivity index (χ3n) is 4.52. The molecule has 1 aromatic heterocycles. The van der Waals surface area contributed by atoms with Crippen LogP contribution in [0.4, 0.5) is 5.82 Å². The molecular weight excluding hydrogens is 346 g/mol. The zero-order valence-corrected chi connectivity index (χ0v) is 17.2. The number of nitrogens with zero attached hydrogens (tertiary/aromatic N) is 2. The van der Waals surface area contributed by atoms with Crippen LogP contribution in [0.2, 0.25) is 0 Å². The van der Waals surface area contributed by atoms with Crippen LogP contribution in [0.1, 0.15) is 32.4 Å². The number of aryl methyl sites for hydroxylation is 1. The molecule has 27 heavy (non-hydrogen) atoms. The van der Waals surface area contributed by atoms with E-state index in [-0.39, 0.29) is 0 Å². The van der Waals surface area contributed by atoms with Crippen LogP contribution < -0.4 is 24.3 Å². The number of hydrogen-bond acceptors (Lipinski definition) is 7. The van der Waals surface area contributed by atoms with Gasteiger partial charge in [0, 0.05) is 11.6 Å². The van der Waals surface area contributed by atoms with E-state index in [0.717, 1.165) is 24.1 Å². The van der Waals surface area contributed by atoms with E-state index < -0.39 is 0 Å². The van der Waals surface area contributed by atoms with Crippen LogP contribution in [0, 0.1) is 6.92 Å². The summed E-state index contributed by atoms with van der Waals surface area (Å²) in [4.78, 5) is 9.40. The summed E-state index contributed by atoms with van der Waals surface area (Å²) in [6, 6.07) is 4.01. The highest BCUT2D eigenvalue weighted by molar-refractivity contribution is 5.76. The van der Waals surface area contributed by atoms with Gasteiger partial charge in [-0.1, -0.05) is 13.8 Å². The summed E-state index contributed by atoms with van der Waals surface area (Å²) in [6.07, 6.45) is 1.98. The second-order valence-electron chi connectivity index (χ2n) is 6.06. The summed E-state index contributed by atoms with van der Waals surface area (Å²) in [5.74, 6) is 2.72. The second-order valence-corrected chi connectivity index (χ2v) is 6.06. The molecule has 0 saturated heterocycles. The largest absolute Gasteiger partial charge is 0.493 e. The molecule has 0 bridgehead atoms. The minimum Gasteiger partial charge on any atom is -0.493 e. The molecule has 148 valence electrons. The Hall–Kier alpha value is -2.70. The van der Waals surface area contributed by atoms with Crippen LogP contribution in [0.5, 0.6) is 23.1 Å². The van der Waals surface area contributed by atoms with Crippen molar-refractivity contribution in [1.29, 1.82) is 0 Å². The first kappa shape index (κ1) is 20.6. The number of benzene rings is 1. The van der Waals surface area contributed by atoms with Crippen LogP contribution in [0.3, 0.4) is 0 Å². The fourth-order valence-electron chi connectivity index (χ4n) is 2.97. The van der Waals surface area contributed by atoms with E-state index in [4.69, 9.17) is 28.9 Å². The van der Waals surface area contributed by atoms with Crippen molar-refractivity contribution in [2.75, 3.05) is 33.8 Å². The van der Waals surface area contributed by atoms with Crippen molar-refractivity contribution >= 4 is 5.82 Å². The minimum atomic E-state index is 0.314. The average molecular weight is 375 g/mol. The Balaban J connectivity index is 2.60. The Labute approximate surface area is 161 Å². The maximum absolute atomic E-state index is 5.59. The zero-order chi connectivity index (χ0) is 20.0. The smallest absolute Gasteiger partial charge is 0.257 e. The predicted molar refractivity (Wildman–Crippen MR) is 106 cm³/mol. The van der Waals surface area contributed by atoms with E-state index in [0.29, 0.717) is 40.7 Å². The lowest BCUT2D eigenvalue weighted by atomic mass is 10.1. The van der Waals surface area contributed by atoms with Crippen molar-refractivity contribution in [3.63, 3.8) is 0 Å². The molecule has 0 amide bonds. The number of methoxy groups -OCH3 is 4. The number of anilines is 1. The second kappa shape index (κ2) is 9.30. The van der Waals surface area contributed by atoms with E-state index in [1.54, 1.807) is 28.4 Å². The molecule has 7 heteroatoms. The van der Waals surface area contributed by atoms with Gasteiger partial charge in [-0.15, -0.1) is 0 Å². The first-order valence-corrected chi connectivity index (χ1v) is 9.02. The van der Waals surface area contributed by atoms with Crippen LogP contribution in [0.25, 0.3) is 11.3 Å². The van der Waals surface area contributed by atoms with Crippen molar-refractivity contribution in [3.05, 3.63) is 17.8 Å². The van der Waals surface area contributed by atoms with Gasteiger partial charge in [-0.05, 0) is 31.9 Å². The molecule has 7 nitrogen and oxygen atoms in total. The Kier molecular flexibility index (Phi) is 7.10. The van der Waals surface area contributed by atoms with E-state index in [1.165, 1.54) is 0 Å². The molecule has 0 aliphatic heterocycles. The monoisotopic (exact) mass is 375 g/mol. The van der Waals surface area contributed by atoms with E-state index in [9.17, 15) is 0 Å². The highest BCUT2D eigenvalue weighted by Crippen LogP contribution is 2.44. The molecule has 0 aliphatic rings. The topological polar surface area (TPSA) is 74.7 Å². The quantitative estimate of drug-likeness (QED) is 0.707. The number of aromatic nitrogens is 2. The van der Waals surface area contributed by atoms with Gasteiger partial charge in [-0.3, -0.25) is 0 Å². The highest BCUT2D eigenvalue weighted by Gasteiger charge is 2.22. The zero-order valence-electron chi connectivity index (χ0n) is 17.2. The van der Waals surface area contributed by atoms with Crippen molar-refractivity contribution in [2.24, 2.45) is 0 Å². The Morgan fingerprint density at radius 1 is 0.889 bits per heavy atom. The van der Waals surface area contributed by atoms with Crippen LogP contribution >= 0.6 is 0 Å². The first-order valence-electron chi connectivity index (χ1n) is 9.02. The van der Waals surface area contributed by atoms with Gasteiger partial charge < -0.3 is 24.3 Å². The molecule has 1 heterocycles. The molecule has 0 aliphatic carbocycles. The lowest BCUT2D eigenvalue weighted by Gasteiger charge is -2.20. The average Bonchev–Trinajstić information content (AvgIpc) is 2.70. The third-order valence-corrected chi connectivity index (χ3v) is 4.52. The summed E-state index contributed by atoms with van der Waals surface area (Å²) >= 11 is 0. The molecule has 0 unspecified atom stereocenters. The molecule has 0 spiro atoms. The minimum absolute atomic E-state index is 0.314. The van der Waals surface area contributed by atoms with Gasteiger partial charge in [-0.2, -0.15) is 0 Å². The van der Waals surface area contributed by atoms with E-state index in [1.807, 2.05) is 19.1 Å². The highest BCUT2D eigenvalue weighted by atomic mass is 16.5. The van der Waals surface area contributed by atoms with Gasteiger partial charge in [0.05, 0.1) is 39.8 Å². The maximum atomic E-state index is 5.59. The lowest BCUT2D eigenvalue weighted by molar-refractivity contribution is 0.325. The summed E-state index contributed by atoms with van der Waals surface area (Å²) in [7, 11) is 6.34. The Morgan fingerprint density at radius 3 is 2.07 bits per heavy atom. The molecule has 0 fully saturated rings. The molecule has 1 aromatic carbocycles.